The van der Waals surface area contributed by atoms with Crippen LogP contribution in [-0.4, -0.2) is 35.6 Å². The Bertz CT molecular complexity index is 327. The molecule has 1 saturated heterocycles. The molecule has 108 valence electrons. The molecule has 0 spiro atoms. The maximum absolute atomic E-state index is 12.6. The highest BCUT2D eigenvalue weighted by Crippen LogP contribution is 2.33. The van der Waals surface area contributed by atoms with Crippen LogP contribution in [-0.2, 0) is 9.53 Å². The van der Waals surface area contributed by atoms with Crippen molar-refractivity contribution in [3.05, 3.63) is 25.3 Å². The summed E-state index contributed by atoms with van der Waals surface area (Å²) < 4.78 is 5.61. The van der Waals surface area contributed by atoms with E-state index in [9.17, 15) is 4.79 Å². The molecule has 2 unspecified atom stereocenters. The molecule has 0 bridgehead atoms. The Kier molecular flexibility index (Phi) is 6.29. The van der Waals surface area contributed by atoms with Crippen molar-refractivity contribution in [3.8, 4) is 0 Å². The van der Waals surface area contributed by atoms with Gasteiger partial charge in [0, 0.05) is 6.54 Å². The molecule has 0 aromatic heterocycles. The number of piperidine rings is 1. The summed E-state index contributed by atoms with van der Waals surface area (Å²) in [6, 6.07) is 0. The molecule has 19 heavy (non-hydrogen) atoms. The Labute approximate surface area is 117 Å². The minimum absolute atomic E-state index is 0.0262. The maximum Gasteiger partial charge on any atom is 0.327 e. The van der Waals surface area contributed by atoms with Gasteiger partial charge in [-0.25, -0.2) is 0 Å². The van der Waals surface area contributed by atoms with Crippen molar-refractivity contribution in [2.45, 2.75) is 57.6 Å². The van der Waals surface area contributed by atoms with Crippen LogP contribution in [0.5, 0.6) is 0 Å². The summed E-state index contributed by atoms with van der Waals surface area (Å²) in [6.45, 7) is 13.2. The Hall–Kier alpha value is -1.09. The first-order valence-corrected chi connectivity index (χ1v) is 7.28. The fourth-order valence-corrected chi connectivity index (χ4v) is 2.67. The third-order valence-electron chi connectivity index (χ3n) is 3.97. The molecule has 0 saturated carbocycles. The number of rotatable bonds is 7. The number of likely N-dealkylation sites (tertiary alicyclic amines) is 1. The lowest BCUT2D eigenvalue weighted by atomic mass is 9.83. The molecular weight excluding hydrogens is 238 g/mol. The smallest absolute Gasteiger partial charge is 0.327 e. The van der Waals surface area contributed by atoms with E-state index in [1.54, 1.807) is 0 Å². The normalized spacial score (nSPS) is 25.6. The van der Waals surface area contributed by atoms with Crippen LogP contribution in [0.4, 0.5) is 0 Å². The van der Waals surface area contributed by atoms with Crippen molar-refractivity contribution in [2.75, 3.05) is 13.1 Å². The third-order valence-corrected chi connectivity index (χ3v) is 3.97. The summed E-state index contributed by atoms with van der Waals surface area (Å²) in [5.41, 5.74) is -0.530. The predicted molar refractivity (Wildman–Crippen MR) is 79.0 cm³/mol. The lowest BCUT2D eigenvalue weighted by Gasteiger charge is -2.44. The molecule has 0 aliphatic carbocycles. The van der Waals surface area contributed by atoms with Crippen molar-refractivity contribution in [2.24, 2.45) is 0 Å². The van der Waals surface area contributed by atoms with Gasteiger partial charge < -0.3 is 4.74 Å². The van der Waals surface area contributed by atoms with Crippen LogP contribution in [0.1, 0.15) is 46.0 Å². The van der Waals surface area contributed by atoms with Crippen molar-refractivity contribution < 1.29 is 9.53 Å². The quantitative estimate of drug-likeness (QED) is 0.522. The summed E-state index contributed by atoms with van der Waals surface area (Å²) in [7, 11) is 0. The minimum atomic E-state index is -0.530. The molecule has 0 amide bonds. The van der Waals surface area contributed by atoms with Gasteiger partial charge in [0.15, 0.2) is 0 Å². The predicted octanol–water partition coefficient (Wildman–Crippen LogP) is 3.31. The van der Waals surface area contributed by atoms with E-state index in [1.807, 2.05) is 26.0 Å². The van der Waals surface area contributed by atoms with Crippen LogP contribution in [0.15, 0.2) is 25.3 Å². The Morgan fingerprint density at radius 3 is 2.74 bits per heavy atom. The fourth-order valence-electron chi connectivity index (χ4n) is 2.67. The van der Waals surface area contributed by atoms with Gasteiger partial charge in [0.25, 0.3) is 0 Å². The first-order valence-electron chi connectivity index (χ1n) is 7.28. The second-order valence-electron chi connectivity index (χ2n) is 5.34. The van der Waals surface area contributed by atoms with Crippen molar-refractivity contribution in [1.29, 1.82) is 0 Å². The highest BCUT2D eigenvalue weighted by Gasteiger charge is 2.45. The number of hydrogen-bond acceptors (Lipinski definition) is 3. The van der Waals surface area contributed by atoms with E-state index < -0.39 is 5.54 Å². The van der Waals surface area contributed by atoms with Gasteiger partial charge in [-0.2, -0.15) is 0 Å². The Morgan fingerprint density at radius 2 is 2.16 bits per heavy atom. The topological polar surface area (TPSA) is 29.5 Å². The largest absolute Gasteiger partial charge is 0.461 e. The van der Waals surface area contributed by atoms with Crippen molar-refractivity contribution in [1.82, 2.24) is 4.90 Å². The first-order chi connectivity index (χ1) is 9.10. The third kappa shape index (κ3) is 3.69. The van der Waals surface area contributed by atoms with Crippen molar-refractivity contribution >= 4 is 5.97 Å². The Morgan fingerprint density at radius 1 is 1.42 bits per heavy atom. The average Bonchev–Trinajstić information content (AvgIpc) is 2.41. The molecule has 2 atom stereocenters. The zero-order valence-corrected chi connectivity index (χ0v) is 12.4. The van der Waals surface area contributed by atoms with Gasteiger partial charge in [0.2, 0.25) is 0 Å². The SMILES string of the molecule is C=CCN1CCCCC1(CC=C)C(=O)OC(C)CC. The fraction of sp³-hybridized carbons (Fsp3) is 0.688. The standard InChI is InChI=1S/C16H27NO2/c1-5-10-16(15(18)19-14(4)7-3)11-8-9-13-17(16)12-6-2/h5-6,14H,1-2,7-13H2,3-4H3. The van der Waals surface area contributed by atoms with Crippen LogP contribution >= 0.6 is 0 Å². The second-order valence-corrected chi connectivity index (χ2v) is 5.34. The second kappa shape index (κ2) is 7.49. The van der Waals surface area contributed by atoms with Gasteiger partial charge in [-0.15, -0.1) is 13.2 Å². The summed E-state index contributed by atoms with van der Waals surface area (Å²) >= 11 is 0. The zero-order chi connectivity index (χ0) is 14.3. The summed E-state index contributed by atoms with van der Waals surface area (Å²) in [5, 5.41) is 0. The molecular formula is C16H27NO2. The van der Waals surface area contributed by atoms with E-state index in [0.717, 1.165) is 38.8 Å². The highest BCUT2D eigenvalue weighted by atomic mass is 16.5. The lowest BCUT2D eigenvalue weighted by molar-refractivity contribution is -0.165. The highest BCUT2D eigenvalue weighted by molar-refractivity contribution is 5.81. The van der Waals surface area contributed by atoms with Crippen molar-refractivity contribution in [3.63, 3.8) is 0 Å². The Balaban J connectivity index is 2.94. The summed E-state index contributed by atoms with van der Waals surface area (Å²) in [6.07, 6.45) is 8.20. The van der Waals surface area contributed by atoms with Crippen LogP contribution in [0.2, 0.25) is 0 Å². The van der Waals surface area contributed by atoms with Crippen LogP contribution in [0.25, 0.3) is 0 Å². The molecule has 0 aromatic rings. The number of carbonyl (C=O) groups excluding carboxylic acids is 1. The minimum Gasteiger partial charge on any atom is -0.461 e. The molecule has 1 rings (SSSR count). The molecule has 3 nitrogen and oxygen atoms in total. The number of nitrogens with zero attached hydrogens (tertiary/aromatic N) is 1. The van der Waals surface area contributed by atoms with E-state index in [-0.39, 0.29) is 12.1 Å². The van der Waals surface area contributed by atoms with Gasteiger partial charge in [-0.05, 0) is 45.6 Å². The number of esters is 1. The number of hydrogen-bond donors (Lipinski definition) is 0. The van der Waals surface area contributed by atoms with Gasteiger partial charge in [0.05, 0.1) is 6.10 Å². The van der Waals surface area contributed by atoms with E-state index in [2.05, 4.69) is 18.1 Å². The van der Waals surface area contributed by atoms with Crippen LogP contribution < -0.4 is 0 Å². The lowest BCUT2D eigenvalue weighted by Crippen LogP contribution is -2.58. The van der Waals surface area contributed by atoms with Gasteiger partial charge in [-0.1, -0.05) is 19.1 Å². The maximum atomic E-state index is 12.6. The van der Waals surface area contributed by atoms with Gasteiger partial charge in [0.1, 0.15) is 5.54 Å². The summed E-state index contributed by atoms with van der Waals surface area (Å²) in [5.74, 6) is -0.0942. The van der Waals surface area contributed by atoms with E-state index in [4.69, 9.17) is 4.74 Å². The molecule has 0 N–H and O–H groups in total. The summed E-state index contributed by atoms with van der Waals surface area (Å²) in [4.78, 5) is 14.8. The molecule has 0 aromatic carbocycles. The number of carbonyl (C=O) groups is 1. The van der Waals surface area contributed by atoms with Gasteiger partial charge in [-0.3, -0.25) is 9.69 Å². The van der Waals surface area contributed by atoms with Gasteiger partial charge >= 0.3 is 5.97 Å². The molecule has 1 heterocycles. The molecule has 0 radical (unpaired) electrons. The molecule has 3 heteroatoms. The molecule has 1 aliphatic rings. The van der Waals surface area contributed by atoms with E-state index in [0.29, 0.717) is 6.42 Å². The van der Waals surface area contributed by atoms with Crippen LogP contribution in [0.3, 0.4) is 0 Å². The number of ether oxygens (including phenoxy) is 1. The van der Waals surface area contributed by atoms with Crippen LogP contribution in [0, 0.1) is 0 Å². The molecule has 1 fully saturated rings. The first kappa shape index (κ1) is 16.0. The average molecular weight is 265 g/mol. The van der Waals surface area contributed by atoms with E-state index in [1.165, 1.54) is 0 Å². The monoisotopic (exact) mass is 265 g/mol. The van der Waals surface area contributed by atoms with E-state index >= 15 is 0 Å². The zero-order valence-electron chi connectivity index (χ0n) is 12.4. The molecule has 1 aliphatic heterocycles.